The highest BCUT2D eigenvalue weighted by Gasteiger charge is 2.43. The fourth-order valence-electron chi connectivity index (χ4n) is 3.98. The Kier molecular flexibility index (Phi) is 5.21. The van der Waals surface area contributed by atoms with E-state index in [1.807, 2.05) is 0 Å². The number of carbonyl (C=O) groups excluding carboxylic acids is 1. The Morgan fingerprint density at radius 2 is 1.62 bits per heavy atom. The van der Waals surface area contributed by atoms with Crippen molar-refractivity contribution >= 4 is 11.8 Å². The molecule has 4 nitrogen and oxygen atoms in total. The maximum absolute atomic E-state index is 13.8. The summed E-state index contributed by atoms with van der Waals surface area (Å²) in [6, 6.07) is 6.92. The van der Waals surface area contributed by atoms with E-state index in [0.29, 0.717) is 19.3 Å². The number of fused-ring (bicyclic) bond motifs is 3. The lowest BCUT2D eigenvalue weighted by Crippen LogP contribution is -2.55. The minimum atomic E-state index is -1.58. The molecule has 2 aromatic rings. The molecule has 3 saturated heterocycles. The van der Waals surface area contributed by atoms with Gasteiger partial charge >= 0.3 is 6.09 Å². The van der Waals surface area contributed by atoms with Crippen molar-refractivity contribution in [3.8, 4) is 0 Å². The van der Waals surface area contributed by atoms with Crippen LogP contribution in [0, 0.1) is 23.3 Å². The highest BCUT2D eigenvalue weighted by molar-refractivity contribution is 5.87. The molecule has 3 aliphatic rings. The standard InChI is InChI=1S/C21H20F4N2O2/c22-15-2-1-3-16(12-15)27(13-14-10-17(23)19(25)18(24)11-14)20(28)29-21-4-7-26(8-5-21)9-6-21/h1-3,10-12H,4-9,13H2. The van der Waals surface area contributed by atoms with Gasteiger partial charge in [0.15, 0.2) is 17.5 Å². The van der Waals surface area contributed by atoms with Gasteiger partial charge in [0.05, 0.1) is 12.2 Å². The fourth-order valence-corrected chi connectivity index (χ4v) is 3.98. The van der Waals surface area contributed by atoms with E-state index >= 15 is 0 Å². The van der Waals surface area contributed by atoms with Gasteiger partial charge < -0.3 is 9.64 Å². The van der Waals surface area contributed by atoms with Crippen molar-refractivity contribution in [3.63, 3.8) is 0 Å². The molecule has 0 spiro atoms. The lowest BCUT2D eigenvalue weighted by Gasteiger charge is -2.47. The maximum atomic E-state index is 13.8. The van der Waals surface area contributed by atoms with Gasteiger partial charge in [0.2, 0.25) is 0 Å². The van der Waals surface area contributed by atoms with Crippen molar-refractivity contribution in [2.45, 2.75) is 31.4 Å². The second kappa shape index (κ2) is 7.67. The monoisotopic (exact) mass is 408 g/mol. The summed E-state index contributed by atoms with van der Waals surface area (Å²) in [5.74, 6) is -4.86. The molecule has 0 aromatic heterocycles. The van der Waals surface area contributed by atoms with E-state index < -0.39 is 35.0 Å². The van der Waals surface area contributed by atoms with Crippen LogP contribution in [0.4, 0.5) is 28.0 Å². The highest BCUT2D eigenvalue weighted by Crippen LogP contribution is 2.36. The summed E-state index contributed by atoms with van der Waals surface area (Å²) in [4.78, 5) is 16.5. The van der Waals surface area contributed by atoms with Crippen molar-refractivity contribution in [2.75, 3.05) is 24.5 Å². The molecule has 0 aliphatic carbocycles. The summed E-state index contributed by atoms with van der Waals surface area (Å²) in [5, 5.41) is 0. The Morgan fingerprint density at radius 3 is 2.21 bits per heavy atom. The molecule has 154 valence electrons. The number of piperidine rings is 3. The molecule has 2 aromatic carbocycles. The first kappa shape index (κ1) is 19.7. The van der Waals surface area contributed by atoms with Gasteiger partial charge in [-0.1, -0.05) is 6.07 Å². The number of benzene rings is 2. The van der Waals surface area contributed by atoms with Crippen molar-refractivity contribution in [1.29, 1.82) is 0 Å². The predicted molar refractivity (Wildman–Crippen MR) is 98.4 cm³/mol. The Balaban J connectivity index is 1.62. The molecule has 0 saturated carbocycles. The van der Waals surface area contributed by atoms with Crippen LogP contribution in [0.2, 0.25) is 0 Å². The van der Waals surface area contributed by atoms with E-state index in [1.165, 1.54) is 18.2 Å². The smallest absolute Gasteiger partial charge is 0.415 e. The quantitative estimate of drug-likeness (QED) is 0.547. The zero-order valence-electron chi connectivity index (χ0n) is 15.6. The number of ether oxygens (including phenoxy) is 1. The number of nitrogens with zero attached hydrogens (tertiary/aromatic N) is 2. The first-order chi connectivity index (χ1) is 13.8. The molecule has 3 fully saturated rings. The number of hydrogen-bond acceptors (Lipinski definition) is 3. The number of halogens is 4. The SMILES string of the molecule is O=C(OC12CCN(CC1)CC2)N(Cc1cc(F)c(F)c(F)c1)c1cccc(F)c1. The van der Waals surface area contributed by atoms with Crippen molar-refractivity contribution in [1.82, 2.24) is 4.90 Å². The average molecular weight is 408 g/mol. The number of carbonyl (C=O) groups is 1. The zero-order chi connectivity index (χ0) is 20.6. The third kappa shape index (κ3) is 4.07. The molecule has 2 bridgehead atoms. The van der Waals surface area contributed by atoms with Crippen LogP contribution < -0.4 is 4.90 Å². The third-order valence-electron chi connectivity index (χ3n) is 5.68. The molecule has 0 unspecified atom stereocenters. The van der Waals surface area contributed by atoms with Gasteiger partial charge in [0.25, 0.3) is 0 Å². The number of anilines is 1. The molecule has 3 aliphatic heterocycles. The van der Waals surface area contributed by atoms with Crippen molar-refractivity contribution in [2.24, 2.45) is 0 Å². The summed E-state index contributed by atoms with van der Waals surface area (Å²) < 4.78 is 60.2. The van der Waals surface area contributed by atoms with Crippen molar-refractivity contribution < 1.29 is 27.1 Å². The van der Waals surface area contributed by atoms with E-state index in [0.717, 1.165) is 42.7 Å². The van der Waals surface area contributed by atoms with Gasteiger partial charge in [-0.05, 0) is 35.9 Å². The van der Waals surface area contributed by atoms with Crippen LogP contribution in [-0.4, -0.2) is 36.2 Å². The van der Waals surface area contributed by atoms with E-state index in [-0.39, 0.29) is 17.8 Å². The third-order valence-corrected chi connectivity index (χ3v) is 5.68. The summed E-state index contributed by atoms with van der Waals surface area (Å²) in [6.45, 7) is 2.21. The van der Waals surface area contributed by atoms with Crippen LogP contribution in [0.25, 0.3) is 0 Å². The molecule has 0 radical (unpaired) electrons. The summed E-state index contributed by atoms with van der Waals surface area (Å²) >= 11 is 0. The summed E-state index contributed by atoms with van der Waals surface area (Å²) in [6.07, 6.45) is 1.39. The van der Waals surface area contributed by atoms with E-state index in [9.17, 15) is 22.4 Å². The summed E-state index contributed by atoms with van der Waals surface area (Å²) in [7, 11) is 0. The topological polar surface area (TPSA) is 32.8 Å². The zero-order valence-corrected chi connectivity index (χ0v) is 15.6. The van der Waals surface area contributed by atoms with Gasteiger partial charge in [-0.2, -0.15) is 0 Å². The molecule has 0 N–H and O–H groups in total. The minimum absolute atomic E-state index is 0.0265. The van der Waals surface area contributed by atoms with Gasteiger partial charge in [-0.3, -0.25) is 4.90 Å². The lowest BCUT2D eigenvalue weighted by molar-refractivity contribution is -0.0764. The second-order valence-electron chi connectivity index (χ2n) is 7.58. The Hall–Kier alpha value is -2.61. The fraction of sp³-hybridized carbons (Fsp3) is 0.381. The molecular weight excluding hydrogens is 388 g/mol. The van der Waals surface area contributed by atoms with Gasteiger partial charge in [0.1, 0.15) is 11.4 Å². The summed E-state index contributed by atoms with van der Waals surface area (Å²) in [5.41, 5.74) is -0.375. The number of amides is 1. The highest BCUT2D eigenvalue weighted by atomic mass is 19.2. The molecule has 29 heavy (non-hydrogen) atoms. The van der Waals surface area contributed by atoms with Crippen LogP contribution in [0.1, 0.15) is 24.8 Å². The molecular formula is C21H20F4N2O2. The first-order valence-electron chi connectivity index (χ1n) is 9.47. The van der Waals surface area contributed by atoms with Crippen LogP contribution in [0.5, 0.6) is 0 Å². The maximum Gasteiger partial charge on any atom is 0.415 e. The van der Waals surface area contributed by atoms with Crippen LogP contribution >= 0.6 is 0 Å². The van der Waals surface area contributed by atoms with Crippen molar-refractivity contribution in [3.05, 3.63) is 65.2 Å². The van der Waals surface area contributed by atoms with E-state index in [4.69, 9.17) is 4.74 Å². The molecule has 0 atom stereocenters. The molecule has 8 heteroatoms. The average Bonchev–Trinajstić information content (AvgIpc) is 2.71. The minimum Gasteiger partial charge on any atom is -0.442 e. The van der Waals surface area contributed by atoms with Crippen LogP contribution in [0.15, 0.2) is 36.4 Å². The lowest BCUT2D eigenvalue weighted by atomic mass is 9.83. The molecule has 5 rings (SSSR count). The Labute approximate surface area is 165 Å². The Bertz CT molecular complexity index is 892. The van der Waals surface area contributed by atoms with E-state index in [1.54, 1.807) is 0 Å². The van der Waals surface area contributed by atoms with Gasteiger partial charge in [-0.25, -0.2) is 22.4 Å². The van der Waals surface area contributed by atoms with Crippen LogP contribution in [0.3, 0.4) is 0 Å². The second-order valence-corrected chi connectivity index (χ2v) is 7.58. The van der Waals surface area contributed by atoms with Gasteiger partial charge in [-0.15, -0.1) is 0 Å². The van der Waals surface area contributed by atoms with Gasteiger partial charge in [0, 0.05) is 38.9 Å². The van der Waals surface area contributed by atoms with Crippen LogP contribution in [-0.2, 0) is 11.3 Å². The van der Waals surface area contributed by atoms with E-state index in [2.05, 4.69) is 4.90 Å². The number of rotatable bonds is 4. The Morgan fingerprint density at radius 1 is 1.00 bits per heavy atom. The predicted octanol–water partition coefficient (Wildman–Crippen LogP) is 4.62. The number of hydrogen-bond donors (Lipinski definition) is 0. The molecule has 3 heterocycles. The molecule has 1 amide bonds. The largest absolute Gasteiger partial charge is 0.442 e. The normalized spacial score (nSPS) is 23.1. The first-order valence-corrected chi connectivity index (χ1v) is 9.47.